The summed E-state index contributed by atoms with van der Waals surface area (Å²) < 4.78 is 34.0. The highest BCUT2D eigenvalue weighted by molar-refractivity contribution is 8.13. The Labute approximate surface area is 223 Å². The van der Waals surface area contributed by atoms with Gasteiger partial charge in [0.1, 0.15) is 35.3 Å². The maximum Gasteiger partial charge on any atom is 0.185 e. The zero-order valence-electron chi connectivity index (χ0n) is 20.7. The number of hydrogen-bond acceptors (Lipinski definition) is 8. The van der Waals surface area contributed by atoms with Gasteiger partial charge in [-0.15, -0.1) is 0 Å². The number of aromatic nitrogens is 2. The molecule has 4 heterocycles. The first-order chi connectivity index (χ1) is 17.6. The van der Waals surface area contributed by atoms with Crippen molar-refractivity contribution in [1.29, 1.82) is 5.26 Å². The zero-order valence-corrected chi connectivity index (χ0v) is 22.3. The highest BCUT2D eigenvalue weighted by Crippen LogP contribution is 2.45. The van der Waals surface area contributed by atoms with Gasteiger partial charge in [0.15, 0.2) is 22.3 Å². The number of carbonyl (C=O) groups is 1. The van der Waals surface area contributed by atoms with Gasteiger partial charge in [0.25, 0.3) is 0 Å². The van der Waals surface area contributed by atoms with Gasteiger partial charge in [-0.25, -0.2) is 9.37 Å². The van der Waals surface area contributed by atoms with E-state index in [1.807, 2.05) is 37.6 Å². The standard InChI is InChI=1S/C26H26ClFN4O4S/c1-13(15-5-7-16(28)8-6-15)30-20-17-9-10-32(24(17)31-23(27)18(20)11-29)25-22-21(35-26(3,4)36-22)19(34-25)12-37-14(2)33/h5-10,13,19,21-22,25H,12H2,1-4H3,(H,30,31)/t13-,19-,21-,22-,25-/m1/s1. The summed E-state index contributed by atoms with van der Waals surface area (Å²) in [6.45, 7) is 7.13. The van der Waals surface area contributed by atoms with E-state index in [2.05, 4.69) is 16.4 Å². The molecule has 0 aliphatic carbocycles. The van der Waals surface area contributed by atoms with Crippen molar-refractivity contribution in [3.05, 3.63) is 58.6 Å². The van der Waals surface area contributed by atoms with E-state index in [4.69, 9.17) is 25.8 Å². The predicted octanol–water partition coefficient (Wildman–Crippen LogP) is 5.57. The second-order valence-electron chi connectivity index (χ2n) is 9.57. The van der Waals surface area contributed by atoms with Crippen LogP contribution in [0.15, 0.2) is 36.5 Å². The molecule has 0 bridgehead atoms. The first kappa shape index (κ1) is 25.9. The Morgan fingerprint density at radius 3 is 2.68 bits per heavy atom. The van der Waals surface area contributed by atoms with Gasteiger partial charge in [0.05, 0.1) is 11.8 Å². The zero-order chi connectivity index (χ0) is 26.5. The molecule has 2 fully saturated rings. The average molecular weight is 545 g/mol. The molecule has 3 aromatic rings. The molecule has 5 atom stereocenters. The van der Waals surface area contributed by atoms with Gasteiger partial charge in [0.2, 0.25) is 0 Å². The van der Waals surface area contributed by atoms with E-state index in [0.29, 0.717) is 22.5 Å². The van der Waals surface area contributed by atoms with Crippen LogP contribution in [-0.4, -0.2) is 44.5 Å². The van der Waals surface area contributed by atoms with E-state index in [0.717, 1.165) is 5.56 Å². The third-order valence-corrected chi connectivity index (χ3v) is 7.69. The van der Waals surface area contributed by atoms with E-state index in [-0.39, 0.29) is 39.9 Å². The maximum absolute atomic E-state index is 13.4. The van der Waals surface area contributed by atoms with Crippen LogP contribution in [-0.2, 0) is 19.0 Å². The molecule has 1 N–H and O–H groups in total. The quantitative estimate of drug-likeness (QED) is 0.402. The minimum Gasteiger partial charge on any atom is -0.377 e. The third-order valence-electron chi connectivity index (χ3n) is 6.51. The summed E-state index contributed by atoms with van der Waals surface area (Å²) in [6.07, 6.45) is 0.0664. The fourth-order valence-corrected chi connectivity index (χ4v) is 5.75. The Balaban J connectivity index is 1.53. The molecule has 8 nitrogen and oxygen atoms in total. The van der Waals surface area contributed by atoms with Crippen molar-refractivity contribution in [1.82, 2.24) is 9.55 Å². The summed E-state index contributed by atoms with van der Waals surface area (Å²) in [5.41, 5.74) is 2.09. The first-order valence-electron chi connectivity index (χ1n) is 11.8. The molecule has 1 aromatic carbocycles. The van der Waals surface area contributed by atoms with E-state index in [1.165, 1.54) is 30.8 Å². The SMILES string of the molecule is CC(=O)SC[C@H]1O[C@@H](n2ccc3c(N[C@H](C)c4ccc(F)cc4)c(C#N)c(Cl)nc32)[C@@H]2OC(C)(C)O[C@@H]21. The van der Waals surface area contributed by atoms with E-state index < -0.39 is 18.1 Å². The summed E-state index contributed by atoms with van der Waals surface area (Å²) in [4.78, 5) is 16.1. The lowest BCUT2D eigenvalue weighted by atomic mass is 10.1. The number of ether oxygens (including phenoxy) is 3. The average Bonchev–Trinajstić information content (AvgIpc) is 3.48. The predicted molar refractivity (Wildman–Crippen MR) is 139 cm³/mol. The smallest absolute Gasteiger partial charge is 0.185 e. The Morgan fingerprint density at radius 2 is 2.00 bits per heavy atom. The highest BCUT2D eigenvalue weighted by Gasteiger charge is 2.56. The Morgan fingerprint density at radius 1 is 1.30 bits per heavy atom. The normalized spacial score (nSPS) is 25.1. The van der Waals surface area contributed by atoms with Crippen LogP contribution in [0.25, 0.3) is 11.0 Å². The topological polar surface area (TPSA) is 98.4 Å². The molecule has 194 valence electrons. The van der Waals surface area contributed by atoms with Crippen LogP contribution < -0.4 is 5.32 Å². The number of rotatable bonds is 6. The number of hydrogen-bond donors (Lipinski definition) is 1. The third kappa shape index (κ3) is 4.94. The Bertz CT molecular complexity index is 1390. The van der Waals surface area contributed by atoms with Crippen LogP contribution in [0.1, 0.15) is 51.1 Å². The van der Waals surface area contributed by atoms with E-state index in [9.17, 15) is 14.4 Å². The number of thioether (sulfide) groups is 1. The largest absolute Gasteiger partial charge is 0.377 e. The van der Waals surface area contributed by atoms with E-state index in [1.54, 1.807) is 12.1 Å². The minimum absolute atomic E-state index is 0.00309. The molecule has 0 saturated carbocycles. The number of nitrogens with zero attached hydrogens (tertiary/aromatic N) is 3. The molecule has 5 rings (SSSR count). The van der Waals surface area contributed by atoms with Crippen molar-refractivity contribution in [2.45, 2.75) is 64.1 Å². The van der Waals surface area contributed by atoms with Gasteiger partial charge >= 0.3 is 0 Å². The summed E-state index contributed by atoms with van der Waals surface area (Å²) in [6, 6.07) is 9.91. The van der Waals surface area contributed by atoms with Gasteiger partial charge in [-0.3, -0.25) is 4.79 Å². The van der Waals surface area contributed by atoms with Crippen molar-refractivity contribution >= 4 is 45.2 Å². The van der Waals surface area contributed by atoms with Crippen molar-refractivity contribution in [2.24, 2.45) is 0 Å². The number of fused-ring (bicyclic) bond motifs is 2. The van der Waals surface area contributed by atoms with Gasteiger partial charge in [-0.05, 0) is 44.5 Å². The minimum atomic E-state index is -0.810. The number of nitriles is 1. The molecule has 37 heavy (non-hydrogen) atoms. The molecular formula is C26H26ClFN4O4S. The fraction of sp³-hybridized carbons (Fsp3) is 0.423. The fourth-order valence-electron chi connectivity index (χ4n) is 4.86. The van der Waals surface area contributed by atoms with Gasteiger partial charge < -0.3 is 24.1 Å². The van der Waals surface area contributed by atoms with Crippen molar-refractivity contribution in [2.75, 3.05) is 11.1 Å². The summed E-state index contributed by atoms with van der Waals surface area (Å²) in [7, 11) is 0. The van der Waals surface area contributed by atoms with Crippen LogP contribution in [0.5, 0.6) is 0 Å². The molecule has 2 aromatic heterocycles. The molecular weight excluding hydrogens is 519 g/mol. The molecule has 0 spiro atoms. The lowest BCUT2D eigenvalue weighted by Crippen LogP contribution is -2.31. The molecule has 2 aliphatic heterocycles. The van der Waals surface area contributed by atoms with E-state index >= 15 is 0 Å². The van der Waals surface area contributed by atoms with Gasteiger partial charge in [0, 0.05) is 30.3 Å². The lowest BCUT2D eigenvalue weighted by molar-refractivity contribution is -0.193. The van der Waals surface area contributed by atoms with Crippen LogP contribution in [0.2, 0.25) is 5.15 Å². The van der Waals surface area contributed by atoms with Crippen LogP contribution in [0.3, 0.4) is 0 Å². The highest BCUT2D eigenvalue weighted by atomic mass is 35.5. The first-order valence-corrected chi connectivity index (χ1v) is 13.2. The molecule has 0 radical (unpaired) electrons. The number of nitrogens with one attached hydrogen (secondary N) is 1. The number of carbonyl (C=O) groups excluding carboxylic acids is 1. The van der Waals surface area contributed by atoms with Crippen molar-refractivity contribution < 1.29 is 23.4 Å². The number of anilines is 1. The van der Waals surface area contributed by atoms with Crippen molar-refractivity contribution in [3.63, 3.8) is 0 Å². The molecule has 2 saturated heterocycles. The summed E-state index contributed by atoms with van der Waals surface area (Å²) >= 11 is 7.67. The molecule has 0 unspecified atom stereocenters. The van der Waals surface area contributed by atoms with Gasteiger partial charge in [-0.1, -0.05) is 35.5 Å². The summed E-state index contributed by atoms with van der Waals surface area (Å²) in [5, 5.41) is 13.9. The second-order valence-corrected chi connectivity index (χ2v) is 11.1. The monoisotopic (exact) mass is 544 g/mol. The van der Waals surface area contributed by atoms with Crippen LogP contribution in [0, 0.1) is 17.1 Å². The summed E-state index contributed by atoms with van der Waals surface area (Å²) in [5.74, 6) is -0.702. The second kappa shape index (κ2) is 9.89. The van der Waals surface area contributed by atoms with Gasteiger partial charge in [-0.2, -0.15) is 5.26 Å². The number of benzene rings is 1. The number of pyridine rings is 1. The molecule has 0 amide bonds. The van der Waals surface area contributed by atoms with Crippen LogP contribution in [0.4, 0.5) is 10.1 Å². The maximum atomic E-state index is 13.4. The number of halogens is 2. The molecule has 11 heteroatoms. The Hall–Kier alpha value is -2.68. The van der Waals surface area contributed by atoms with Crippen molar-refractivity contribution in [3.8, 4) is 6.07 Å². The molecule has 2 aliphatic rings. The Kier molecular flexibility index (Phi) is 6.94. The lowest BCUT2D eigenvalue weighted by Gasteiger charge is -2.25. The van der Waals surface area contributed by atoms with Crippen LogP contribution >= 0.6 is 23.4 Å².